The van der Waals surface area contributed by atoms with E-state index in [0.29, 0.717) is 10.8 Å². The van der Waals surface area contributed by atoms with E-state index in [9.17, 15) is 0 Å². The fourth-order valence-corrected chi connectivity index (χ4v) is 2.33. The Labute approximate surface area is 117 Å². The van der Waals surface area contributed by atoms with Crippen LogP contribution in [-0.2, 0) is 6.54 Å². The van der Waals surface area contributed by atoms with Crippen LogP contribution in [0.25, 0.3) is 11.3 Å². The maximum atomic E-state index is 6.12. The summed E-state index contributed by atoms with van der Waals surface area (Å²) in [6.45, 7) is 0.911. The molecule has 0 unspecified atom stereocenters. The molecule has 1 aliphatic rings. The largest absolute Gasteiger partial charge is 0.495 e. The van der Waals surface area contributed by atoms with Gasteiger partial charge < -0.3 is 14.5 Å². The molecule has 3 rings (SSSR count). The highest BCUT2D eigenvalue weighted by Crippen LogP contribution is 2.30. The van der Waals surface area contributed by atoms with Gasteiger partial charge in [-0.25, -0.2) is 0 Å². The standard InChI is InChI=1S/C15H16ClNO2/c1-18-15-6-2-10(8-13(15)16)14-7-5-12(19-14)9-17-11-3-4-11/h2,5-8,11,17H,3-4,9H2,1H3/p+1. The highest BCUT2D eigenvalue weighted by Gasteiger charge is 2.25. The van der Waals surface area contributed by atoms with Crippen LogP contribution < -0.4 is 10.1 Å². The van der Waals surface area contributed by atoms with Gasteiger partial charge in [-0.3, -0.25) is 0 Å². The van der Waals surface area contributed by atoms with Crippen molar-refractivity contribution in [2.24, 2.45) is 0 Å². The van der Waals surface area contributed by atoms with Crippen LogP contribution >= 0.6 is 11.6 Å². The third kappa shape index (κ3) is 2.94. The predicted molar refractivity (Wildman–Crippen MR) is 74.4 cm³/mol. The Morgan fingerprint density at radius 3 is 2.84 bits per heavy atom. The van der Waals surface area contributed by atoms with E-state index in [1.165, 1.54) is 12.8 Å². The zero-order chi connectivity index (χ0) is 13.2. The molecule has 1 saturated carbocycles. The summed E-state index contributed by atoms with van der Waals surface area (Å²) in [5, 5.41) is 2.94. The van der Waals surface area contributed by atoms with Gasteiger partial charge >= 0.3 is 0 Å². The lowest BCUT2D eigenvalue weighted by Crippen LogP contribution is -2.84. The number of nitrogens with two attached hydrogens (primary N) is 1. The number of benzene rings is 1. The van der Waals surface area contributed by atoms with Crippen molar-refractivity contribution < 1.29 is 14.5 Å². The molecule has 1 fully saturated rings. The maximum Gasteiger partial charge on any atom is 0.158 e. The third-order valence-corrected chi connectivity index (χ3v) is 3.67. The van der Waals surface area contributed by atoms with Crippen molar-refractivity contribution in [2.75, 3.05) is 7.11 Å². The first-order valence-corrected chi connectivity index (χ1v) is 6.90. The minimum Gasteiger partial charge on any atom is -0.495 e. The number of quaternary nitrogens is 1. The van der Waals surface area contributed by atoms with E-state index in [4.69, 9.17) is 20.8 Å². The molecule has 100 valence electrons. The average molecular weight is 279 g/mol. The van der Waals surface area contributed by atoms with Crippen LogP contribution in [0, 0.1) is 0 Å². The van der Waals surface area contributed by atoms with Gasteiger partial charge in [-0.05, 0) is 30.3 Å². The van der Waals surface area contributed by atoms with Crippen LogP contribution in [0.5, 0.6) is 5.75 Å². The fourth-order valence-electron chi connectivity index (χ4n) is 2.08. The zero-order valence-electron chi connectivity index (χ0n) is 10.9. The SMILES string of the molecule is COc1ccc(-c2ccc(C[NH2+]C3CC3)o2)cc1Cl. The van der Waals surface area contributed by atoms with Gasteiger partial charge in [-0.15, -0.1) is 0 Å². The maximum absolute atomic E-state index is 6.12. The molecule has 0 spiro atoms. The Morgan fingerprint density at radius 1 is 1.32 bits per heavy atom. The van der Waals surface area contributed by atoms with E-state index in [-0.39, 0.29) is 0 Å². The molecule has 2 N–H and O–H groups in total. The van der Waals surface area contributed by atoms with Crippen molar-refractivity contribution in [2.45, 2.75) is 25.4 Å². The van der Waals surface area contributed by atoms with E-state index in [1.807, 2.05) is 30.3 Å². The summed E-state index contributed by atoms with van der Waals surface area (Å²) in [6, 6.07) is 10.5. The van der Waals surface area contributed by atoms with Crippen LogP contribution in [0.1, 0.15) is 18.6 Å². The van der Waals surface area contributed by atoms with Crippen molar-refractivity contribution in [1.29, 1.82) is 0 Å². The number of halogens is 1. The summed E-state index contributed by atoms with van der Waals surface area (Å²) >= 11 is 6.12. The smallest absolute Gasteiger partial charge is 0.158 e. The Morgan fingerprint density at radius 2 is 2.16 bits per heavy atom. The van der Waals surface area contributed by atoms with Gasteiger partial charge in [-0.1, -0.05) is 11.6 Å². The highest BCUT2D eigenvalue weighted by atomic mass is 35.5. The van der Waals surface area contributed by atoms with Gasteiger partial charge in [0.2, 0.25) is 0 Å². The normalized spacial score (nSPS) is 14.6. The van der Waals surface area contributed by atoms with Crippen LogP contribution in [0.2, 0.25) is 5.02 Å². The molecule has 1 aromatic carbocycles. The van der Waals surface area contributed by atoms with Gasteiger partial charge in [0.1, 0.15) is 18.1 Å². The van der Waals surface area contributed by atoms with Crippen molar-refractivity contribution in [1.82, 2.24) is 0 Å². The minimum atomic E-state index is 0.600. The van der Waals surface area contributed by atoms with Crippen LogP contribution in [-0.4, -0.2) is 13.2 Å². The number of hydrogen-bond acceptors (Lipinski definition) is 2. The van der Waals surface area contributed by atoms with Crippen LogP contribution in [0.15, 0.2) is 34.7 Å². The summed E-state index contributed by atoms with van der Waals surface area (Å²) in [6.07, 6.45) is 2.67. The van der Waals surface area contributed by atoms with Crippen LogP contribution in [0.4, 0.5) is 0 Å². The van der Waals surface area contributed by atoms with Crippen molar-refractivity contribution in [3.8, 4) is 17.1 Å². The summed E-state index contributed by atoms with van der Waals surface area (Å²) in [5.41, 5.74) is 0.975. The van der Waals surface area contributed by atoms with E-state index in [1.54, 1.807) is 7.11 Å². The molecule has 2 aromatic rings. The second-order valence-electron chi connectivity index (χ2n) is 4.89. The second kappa shape index (κ2) is 5.27. The third-order valence-electron chi connectivity index (χ3n) is 3.37. The first-order valence-electron chi connectivity index (χ1n) is 6.52. The molecule has 1 aromatic heterocycles. The summed E-state index contributed by atoms with van der Waals surface area (Å²) in [4.78, 5) is 0. The van der Waals surface area contributed by atoms with Gasteiger partial charge in [0, 0.05) is 18.4 Å². The predicted octanol–water partition coefficient (Wildman–Crippen LogP) is 2.83. The number of furan rings is 1. The summed E-state index contributed by atoms with van der Waals surface area (Å²) in [7, 11) is 1.61. The van der Waals surface area contributed by atoms with Crippen molar-refractivity contribution in [3.63, 3.8) is 0 Å². The Kier molecular flexibility index (Phi) is 3.49. The molecule has 1 heterocycles. The molecule has 0 atom stereocenters. The molecule has 0 amide bonds. The van der Waals surface area contributed by atoms with Crippen LogP contribution in [0.3, 0.4) is 0 Å². The average Bonchev–Trinajstić information content (AvgIpc) is 3.13. The second-order valence-corrected chi connectivity index (χ2v) is 5.30. The number of methoxy groups -OCH3 is 1. The van der Waals surface area contributed by atoms with Gasteiger partial charge in [-0.2, -0.15) is 0 Å². The van der Waals surface area contributed by atoms with Gasteiger partial charge in [0.15, 0.2) is 5.76 Å². The quantitative estimate of drug-likeness (QED) is 0.913. The molecule has 3 nitrogen and oxygen atoms in total. The van der Waals surface area contributed by atoms with E-state index < -0.39 is 0 Å². The molecule has 0 bridgehead atoms. The molecule has 19 heavy (non-hydrogen) atoms. The monoisotopic (exact) mass is 278 g/mol. The van der Waals surface area contributed by atoms with E-state index in [0.717, 1.165) is 29.7 Å². The number of rotatable bonds is 5. The summed E-state index contributed by atoms with van der Waals surface area (Å²) in [5.74, 6) is 2.54. The van der Waals surface area contributed by atoms with E-state index >= 15 is 0 Å². The highest BCUT2D eigenvalue weighted by molar-refractivity contribution is 6.32. The van der Waals surface area contributed by atoms with E-state index in [2.05, 4.69) is 5.32 Å². The Balaban J connectivity index is 1.75. The first kappa shape index (κ1) is 12.6. The lowest BCUT2D eigenvalue weighted by atomic mass is 10.2. The lowest BCUT2D eigenvalue weighted by molar-refractivity contribution is -0.685. The summed E-state index contributed by atoms with van der Waals surface area (Å²) < 4.78 is 11.0. The molecule has 1 aliphatic carbocycles. The molecule has 0 radical (unpaired) electrons. The number of hydrogen-bond donors (Lipinski definition) is 1. The molecule has 4 heteroatoms. The lowest BCUT2D eigenvalue weighted by Gasteiger charge is -2.04. The molecule has 0 saturated heterocycles. The van der Waals surface area contributed by atoms with Gasteiger partial charge in [0.05, 0.1) is 18.2 Å². The number of ether oxygens (including phenoxy) is 1. The topological polar surface area (TPSA) is 39.0 Å². The molecular weight excluding hydrogens is 262 g/mol. The first-order chi connectivity index (χ1) is 9.26. The molecular formula is C15H17ClNO2+. The zero-order valence-corrected chi connectivity index (χ0v) is 11.6. The fraction of sp³-hybridized carbons (Fsp3) is 0.333. The Bertz CT molecular complexity index is 575. The minimum absolute atomic E-state index is 0.600. The Hall–Kier alpha value is -1.45. The van der Waals surface area contributed by atoms with Crippen molar-refractivity contribution in [3.05, 3.63) is 41.1 Å². The molecule has 0 aliphatic heterocycles. The van der Waals surface area contributed by atoms with Gasteiger partial charge in [0.25, 0.3) is 0 Å². The van der Waals surface area contributed by atoms with Crippen molar-refractivity contribution >= 4 is 11.6 Å².